The van der Waals surface area contributed by atoms with E-state index >= 15 is 0 Å². The van der Waals surface area contributed by atoms with Crippen LogP contribution in [-0.2, 0) is 14.8 Å². The molecule has 1 aliphatic heterocycles. The van der Waals surface area contributed by atoms with E-state index in [0.717, 1.165) is 22.7 Å². The van der Waals surface area contributed by atoms with Gasteiger partial charge in [0, 0.05) is 50.6 Å². The van der Waals surface area contributed by atoms with Crippen LogP contribution in [0.25, 0.3) is 0 Å². The second-order valence-electron chi connectivity index (χ2n) is 7.74. The zero-order valence-electron chi connectivity index (χ0n) is 18.6. The molecule has 0 atom stereocenters. The van der Waals surface area contributed by atoms with E-state index in [4.69, 9.17) is 0 Å². The molecule has 3 aromatic rings. The van der Waals surface area contributed by atoms with Crippen LogP contribution < -0.4 is 15.5 Å². The molecule has 174 valence electrons. The van der Waals surface area contributed by atoms with Gasteiger partial charge in [-0.05, 0) is 26.0 Å². The summed E-state index contributed by atoms with van der Waals surface area (Å²) in [6, 6.07) is 9.92. The van der Waals surface area contributed by atoms with Crippen molar-refractivity contribution in [2.75, 3.05) is 41.7 Å². The molecule has 12 heteroatoms. The third-order valence-electron chi connectivity index (χ3n) is 5.05. The van der Waals surface area contributed by atoms with Gasteiger partial charge in [0.2, 0.25) is 11.9 Å². The predicted octanol–water partition coefficient (Wildman–Crippen LogP) is 2.76. The molecular formula is C21H25N7O3S2. The molecule has 0 radical (unpaired) electrons. The van der Waals surface area contributed by atoms with E-state index in [0.29, 0.717) is 37.9 Å². The van der Waals surface area contributed by atoms with E-state index in [1.54, 1.807) is 0 Å². The number of aryl methyl sites for hydroxylation is 2. The smallest absolute Gasteiger partial charge is 0.254 e. The Hall–Kier alpha value is -3.09. The van der Waals surface area contributed by atoms with E-state index in [9.17, 15) is 13.2 Å². The zero-order valence-corrected chi connectivity index (χ0v) is 20.2. The molecule has 1 fully saturated rings. The monoisotopic (exact) mass is 487 g/mol. The maximum absolute atomic E-state index is 13.0. The molecule has 10 nitrogen and oxygen atoms in total. The highest BCUT2D eigenvalue weighted by atomic mass is 32.2. The van der Waals surface area contributed by atoms with Crippen LogP contribution in [0.1, 0.15) is 18.2 Å². The summed E-state index contributed by atoms with van der Waals surface area (Å²) in [4.78, 5) is 26.3. The lowest BCUT2D eigenvalue weighted by molar-refractivity contribution is -0.114. The van der Waals surface area contributed by atoms with Crippen LogP contribution in [0.3, 0.4) is 0 Å². The number of aromatic nitrogens is 3. The Labute approximate surface area is 196 Å². The van der Waals surface area contributed by atoms with Crippen LogP contribution in [-0.4, -0.2) is 59.8 Å². The molecule has 1 aromatic carbocycles. The first-order valence-corrected chi connectivity index (χ1v) is 12.6. The van der Waals surface area contributed by atoms with Crippen molar-refractivity contribution in [2.45, 2.75) is 25.0 Å². The van der Waals surface area contributed by atoms with E-state index < -0.39 is 10.0 Å². The fraction of sp³-hybridized carbons (Fsp3) is 0.333. The van der Waals surface area contributed by atoms with Gasteiger partial charge in [0.15, 0.2) is 9.34 Å². The Kier molecular flexibility index (Phi) is 6.58. The van der Waals surface area contributed by atoms with E-state index in [1.165, 1.54) is 23.0 Å². The van der Waals surface area contributed by atoms with Crippen molar-refractivity contribution < 1.29 is 13.2 Å². The first kappa shape index (κ1) is 23.1. The van der Waals surface area contributed by atoms with Gasteiger partial charge < -0.3 is 15.5 Å². The Morgan fingerprint density at radius 2 is 1.76 bits per heavy atom. The van der Waals surface area contributed by atoms with E-state index in [1.807, 2.05) is 49.1 Å². The van der Waals surface area contributed by atoms with Crippen LogP contribution in [0.2, 0.25) is 0 Å². The van der Waals surface area contributed by atoms with Crippen molar-refractivity contribution in [3.8, 4) is 0 Å². The number of hydrogen-bond donors (Lipinski definition) is 2. The third kappa shape index (κ3) is 5.46. The second-order valence-corrected chi connectivity index (χ2v) is 10.9. The number of thiazole rings is 1. The Bertz CT molecular complexity index is 1250. The Morgan fingerprint density at radius 3 is 2.42 bits per heavy atom. The molecule has 0 bridgehead atoms. The SMILES string of the molecule is CC(=O)Nc1ncc(S(=O)(=O)N2CCN(c3nc(C)cc(Nc4ccc(C)cc4)n3)CC2)s1. The zero-order chi connectivity index (χ0) is 23.6. The molecule has 0 spiro atoms. The molecular weight excluding hydrogens is 462 g/mol. The molecule has 4 rings (SSSR count). The molecule has 1 amide bonds. The van der Waals surface area contributed by atoms with Crippen molar-refractivity contribution in [2.24, 2.45) is 0 Å². The number of piperazine rings is 1. The van der Waals surface area contributed by atoms with Gasteiger partial charge in [-0.15, -0.1) is 0 Å². The van der Waals surface area contributed by atoms with Crippen molar-refractivity contribution in [3.63, 3.8) is 0 Å². The number of anilines is 4. The predicted molar refractivity (Wildman–Crippen MR) is 129 cm³/mol. The number of carbonyl (C=O) groups excluding carboxylic acids is 1. The largest absolute Gasteiger partial charge is 0.340 e. The van der Waals surface area contributed by atoms with Crippen LogP contribution in [0.5, 0.6) is 0 Å². The minimum atomic E-state index is -3.68. The van der Waals surface area contributed by atoms with Gasteiger partial charge in [-0.2, -0.15) is 9.29 Å². The minimum absolute atomic E-state index is 0.107. The summed E-state index contributed by atoms with van der Waals surface area (Å²) in [6.07, 6.45) is 1.28. The number of nitrogens with one attached hydrogen (secondary N) is 2. The maximum Gasteiger partial charge on any atom is 0.254 e. The van der Waals surface area contributed by atoms with Gasteiger partial charge >= 0.3 is 0 Å². The molecule has 3 heterocycles. The van der Waals surface area contributed by atoms with Crippen molar-refractivity contribution in [3.05, 3.63) is 47.8 Å². The lowest BCUT2D eigenvalue weighted by Crippen LogP contribution is -2.49. The number of amides is 1. The van der Waals surface area contributed by atoms with Gasteiger partial charge in [-0.25, -0.2) is 18.4 Å². The first-order chi connectivity index (χ1) is 15.7. The minimum Gasteiger partial charge on any atom is -0.340 e. The van der Waals surface area contributed by atoms with Crippen molar-refractivity contribution in [1.29, 1.82) is 0 Å². The van der Waals surface area contributed by atoms with Gasteiger partial charge in [-0.1, -0.05) is 29.0 Å². The number of benzene rings is 1. The average molecular weight is 488 g/mol. The second kappa shape index (κ2) is 9.41. The van der Waals surface area contributed by atoms with E-state index in [-0.39, 0.29) is 15.2 Å². The Balaban J connectivity index is 1.44. The van der Waals surface area contributed by atoms with Gasteiger partial charge in [0.25, 0.3) is 10.0 Å². The molecule has 0 saturated carbocycles. The average Bonchev–Trinajstić information content (AvgIpc) is 3.24. The quantitative estimate of drug-likeness (QED) is 0.545. The van der Waals surface area contributed by atoms with Crippen LogP contribution >= 0.6 is 11.3 Å². The summed E-state index contributed by atoms with van der Waals surface area (Å²) in [7, 11) is -3.68. The number of carbonyl (C=O) groups is 1. The van der Waals surface area contributed by atoms with Crippen molar-refractivity contribution in [1.82, 2.24) is 19.3 Å². The molecule has 33 heavy (non-hydrogen) atoms. The van der Waals surface area contributed by atoms with Crippen molar-refractivity contribution >= 4 is 49.9 Å². The normalized spacial score (nSPS) is 14.8. The summed E-state index contributed by atoms with van der Waals surface area (Å²) >= 11 is 0.945. The topological polar surface area (TPSA) is 120 Å². The molecule has 2 aromatic heterocycles. The molecule has 1 saturated heterocycles. The highest BCUT2D eigenvalue weighted by molar-refractivity contribution is 7.91. The van der Waals surface area contributed by atoms with Crippen LogP contribution in [0.15, 0.2) is 40.7 Å². The lowest BCUT2D eigenvalue weighted by Gasteiger charge is -2.33. The molecule has 0 aliphatic carbocycles. The standard InChI is InChI=1S/C21H25N7O3S2/c1-14-4-6-17(7-5-14)25-18-12-15(2)23-20(26-18)27-8-10-28(11-9-27)33(30,31)19-13-22-21(32-19)24-16(3)29/h4-7,12-13H,8-11H2,1-3H3,(H,22,24,29)(H,23,25,26). The third-order valence-corrected chi connectivity index (χ3v) is 8.30. The van der Waals surface area contributed by atoms with Gasteiger partial charge in [0.05, 0.1) is 6.20 Å². The van der Waals surface area contributed by atoms with Crippen LogP contribution in [0, 0.1) is 13.8 Å². The summed E-state index contributed by atoms with van der Waals surface area (Å²) in [5.74, 6) is 0.954. The number of rotatable bonds is 6. The lowest BCUT2D eigenvalue weighted by atomic mass is 10.2. The summed E-state index contributed by atoms with van der Waals surface area (Å²) in [5, 5.41) is 6.08. The Morgan fingerprint density at radius 1 is 1.06 bits per heavy atom. The van der Waals surface area contributed by atoms with Crippen LogP contribution in [0.4, 0.5) is 22.6 Å². The summed E-state index contributed by atoms with van der Waals surface area (Å²) < 4.78 is 27.5. The maximum atomic E-state index is 13.0. The molecule has 1 aliphatic rings. The highest BCUT2D eigenvalue weighted by Gasteiger charge is 2.31. The summed E-state index contributed by atoms with van der Waals surface area (Å²) in [6.45, 7) is 6.81. The fourth-order valence-corrected chi connectivity index (χ4v) is 6.04. The van der Waals surface area contributed by atoms with Gasteiger partial charge in [-0.3, -0.25) is 4.79 Å². The highest BCUT2D eigenvalue weighted by Crippen LogP contribution is 2.27. The molecule has 2 N–H and O–H groups in total. The number of sulfonamides is 1. The molecule has 0 unspecified atom stereocenters. The first-order valence-electron chi connectivity index (χ1n) is 10.4. The van der Waals surface area contributed by atoms with E-state index in [2.05, 4.69) is 25.6 Å². The number of nitrogens with zero attached hydrogens (tertiary/aromatic N) is 5. The van der Waals surface area contributed by atoms with Gasteiger partial charge in [0.1, 0.15) is 5.82 Å². The summed E-state index contributed by atoms with van der Waals surface area (Å²) in [5.41, 5.74) is 2.93. The number of hydrogen-bond acceptors (Lipinski definition) is 9. The fourth-order valence-electron chi connectivity index (χ4n) is 3.39.